The molecule has 0 saturated heterocycles. The van der Waals surface area contributed by atoms with E-state index in [2.05, 4.69) is 102 Å². The molecule has 2 aromatic carbocycles. The molecule has 2 aromatic rings. The van der Waals surface area contributed by atoms with Gasteiger partial charge in [-0.05, 0) is 55.4 Å². The second kappa shape index (κ2) is 13.7. The van der Waals surface area contributed by atoms with E-state index in [0.717, 1.165) is 13.1 Å². The van der Waals surface area contributed by atoms with Gasteiger partial charge in [-0.15, -0.1) is 0 Å². The number of nitrogens with zero attached hydrogens (tertiary/aromatic N) is 1. The summed E-state index contributed by atoms with van der Waals surface area (Å²) in [4.78, 5) is 15.7. The third-order valence-electron chi connectivity index (χ3n) is 7.36. The largest absolute Gasteiger partial charge is 0.460 e. The lowest BCUT2D eigenvalue weighted by molar-refractivity contribution is -0.157. The van der Waals surface area contributed by atoms with Crippen molar-refractivity contribution in [3.63, 3.8) is 0 Å². The number of benzene rings is 2. The van der Waals surface area contributed by atoms with Crippen molar-refractivity contribution in [1.82, 2.24) is 4.90 Å². The average Bonchev–Trinajstić information content (AvgIpc) is 2.80. The smallest absolute Gasteiger partial charge is 0.307 e. The molecule has 0 N–H and O–H groups in total. The average molecular weight is 526 g/mol. The van der Waals surface area contributed by atoms with Crippen LogP contribution in [0.25, 0.3) is 0 Å². The Morgan fingerprint density at radius 3 is 1.51 bits per heavy atom. The summed E-state index contributed by atoms with van der Waals surface area (Å²) in [6.07, 6.45) is 0.162. The van der Waals surface area contributed by atoms with Gasteiger partial charge in [0, 0.05) is 19.1 Å². The van der Waals surface area contributed by atoms with Gasteiger partial charge in [0.25, 0.3) is 0 Å². The minimum Gasteiger partial charge on any atom is -0.460 e. The van der Waals surface area contributed by atoms with Crippen molar-refractivity contribution in [3.8, 4) is 0 Å². The maximum absolute atomic E-state index is 13.3. The standard InChI is InChI=1S/C32H51NO3Si/c1-24(2)37(25(3)4,26(5)6)36-27(7)30(21-31(34)35-32(8,9)10)33(22-28-17-13-11-14-18-28)23-29-19-15-12-16-20-29/h11-20,24-27,30H,21-23H2,1-10H3/t27-,30+/m0/s1. The highest BCUT2D eigenvalue weighted by Crippen LogP contribution is 2.43. The van der Waals surface area contributed by atoms with Gasteiger partial charge >= 0.3 is 5.97 Å². The number of carbonyl (C=O) groups is 1. The first-order chi connectivity index (χ1) is 17.3. The third kappa shape index (κ3) is 9.08. The Balaban J connectivity index is 2.52. The van der Waals surface area contributed by atoms with Crippen LogP contribution < -0.4 is 0 Å². The second-order valence-electron chi connectivity index (χ2n) is 12.4. The van der Waals surface area contributed by atoms with Gasteiger partial charge in [0.1, 0.15) is 5.60 Å². The van der Waals surface area contributed by atoms with Crippen LogP contribution >= 0.6 is 0 Å². The fourth-order valence-electron chi connectivity index (χ4n) is 5.88. The summed E-state index contributed by atoms with van der Waals surface area (Å²) >= 11 is 0. The van der Waals surface area contributed by atoms with Crippen molar-refractivity contribution >= 4 is 14.3 Å². The first kappa shape index (κ1) is 31.3. The molecule has 0 bridgehead atoms. The highest BCUT2D eigenvalue weighted by Gasteiger charge is 2.47. The number of carbonyl (C=O) groups excluding carboxylic acids is 1. The Bertz CT molecular complexity index is 874. The van der Waals surface area contributed by atoms with Crippen molar-refractivity contribution < 1.29 is 14.0 Å². The van der Waals surface area contributed by atoms with E-state index in [1.165, 1.54) is 11.1 Å². The lowest BCUT2D eigenvalue weighted by Gasteiger charge is -2.47. The van der Waals surface area contributed by atoms with E-state index < -0.39 is 13.9 Å². The minimum atomic E-state index is -2.16. The van der Waals surface area contributed by atoms with Gasteiger partial charge in [-0.1, -0.05) is 102 Å². The summed E-state index contributed by atoms with van der Waals surface area (Å²) in [5.74, 6) is -0.176. The van der Waals surface area contributed by atoms with Crippen LogP contribution in [0.5, 0.6) is 0 Å². The van der Waals surface area contributed by atoms with E-state index in [1.807, 2.05) is 32.9 Å². The van der Waals surface area contributed by atoms with Crippen molar-refractivity contribution in [2.75, 3.05) is 0 Å². The number of rotatable bonds is 13. The number of esters is 1. The molecule has 0 aliphatic rings. The van der Waals surface area contributed by atoms with Crippen LogP contribution in [0.4, 0.5) is 0 Å². The molecule has 5 heteroatoms. The monoisotopic (exact) mass is 525 g/mol. The van der Waals surface area contributed by atoms with E-state index in [-0.39, 0.29) is 24.5 Å². The van der Waals surface area contributed by atoms with Crippen molar-refractivity contribution in [2.24, 2.45) is 0 Å². The van der Waals surface area contributed by atoms with Crippen LogP contribution in [0.15, 0.2) is 60.7 Å². The van der Waals surface area contributed by atoms with Crippen LogP contribution in [-0.2, 0) is 27.0 Å². The number of hydrogen-bond acceptors (Lipinski definition) is 4. The maximum atomic E-state index is 13.3. The number of ether oxygens (including phenoxy) is 1. The van der Waals surface area contributed by atoms with E-state index in [4.69, 9.17) is 9.16 Å². The first-order valence-corrected chi connectivity index (χ1v) is 16.1. The molecular weight excluding hydrogens is 474 g/mol. The van der Waals surface area contributed by atoms with E-state index in [0.29, 0.717) is 16.6 Å². The lowest BCUT2D eigenvalue weighted by Crippen LogP contribution is -2.54. The molecule has 0 aliphatic carbocycles. The van der Waals surface area contributed by atoms with Gasteiger partial charge < -0.3 is 9.16 Å². The fourth-order valence-corrected chi connectivity index (χ4v) is 11.5. The predicted molar refractivity (Wildman–Crippen MR) is 158 cm³/mol. The number of hydrogen-bond donors (Lipinski definition) is 0. The van der Waals surface area contributed by atoms with E-state index >= 15 is 0 Å². The minimum absolute atomic E-state index is 0.126. The molecule has 0 unspecified atom stereocenters. The van der Waals surface area contributed by atoms with Crippen molar-refractivity contribution in [2.45, 2.75) is 123 Å². The van der Waals surface area contributed by atoms with Gasteiger partial charge in [-0.3, -0.25) is 9.69 Å². The summed E-state index contributed by atoms with van der Waals surface area (Å²) in [5, 5.41) is 0. The Kier molecular flexibility index (Phi) is 11.6. The molecular formula is C32H51NO3Si. The van der Waals surface area contributed by atoms with Crippen molar-refractivity contribution in [3.05, 3.63) is 71.8 Å². The van der Waals surface area contributed by atoms with Gasteiger partial charge in [0.05, 0.1) is 12.5 Å². The molecule has 0 heterocycles. The van der Waals surface area contributed by atoms with Gasteiger partial charge in [0.2, 0.25) is 8.32 Å². The van der Waals surface area contributed by atoms with E-state index in [1.54, 1.807) is 0 Å². The molecule has 0 aromatic heterocycles. The zero-order valence-corrected chi connectivity index (χ0v) is 26.0. The SMILES string of the molecule is CC(C)[Si](O[C@@H](C)[C@@H](CC(=O)OC(C)(C)C)N(Cc1ccccc1)Cc1ccccc1)(C(C)C)C(C)C. The van der Waals surface area contributed by atoms with Gasteiger partial charge in [-0.2, -0.15) is 0 Å². The summed E-state index contributed by atoms with van der Waals surface area (Å²) in [6, 6.07) is 20.9. The van der Waals surface area contributed by atoms with Gasteiger partial charge in [0.15, 0.2) is 0 Å². The molecule has 4 nitrogen and oxygen atoms in total. The molecule has 37 heavy (non-hydrogen) atoms. The Morgan fingerprint density at radius 1 is 0.757 bits per heavy atom. The summed E-state index contributed by atoms with van der Waals surface area (Å²) < 4.78 is 13.1. The van der Waals surface area contributed by atoms with Gasteiger partial charge in [-0.25, -0.2) is 0 Å². The topological polar surface area (TPSA) is 38.8 Å². The summed E-state index contributed by atoms with van der Waals surface area (Å²) in [5.41, 5.74) is 3.32. The molecule has 0 radical (unpaired) electrons. The second-order valence-corrected chi connectivity index (χ2v) is 17.8. The zero-order valence-electron chi connectivity index (χ0n) is 25.0. The molecule has 206 valence electrons. The lowest BCUT2D eigenvalue weighted by atomic mass is 10.0. The molecule has 0 amide bonds. The molecule has 2 atom stereocenters. The molecule has 0 fully saturated rings. The molecule has 0 aliphatic heterocycles. The van der Waals surface area contributed by atoms with Crippen LogP contribution in [0.3, 0.4) is 0 Å². The Labute approximate surface area is 227 Å². The van der Waals surface area contributed by atoms with Crippen LogP contribution in [0.1, 0.15) is 86.8 Å². The molecule has 2 rings (SSSR count). The highest BCUT2D eigenvalue weighted by atomic mass is 28.4. The van der Waals surface area contributed by atoms with Crippen LogP contribution in [-0.4, -0.2) is 36.9 Å². The Hall–Kier alpha value is -1.95. The predicted octanol–water partition coefficient (Wildman–Crippen LogP) is 8.37. The van der Waals surface area contributed by atoms with Crippen LogP contribution in [0, 0.1) is 0 Å². The first-order valence-electron chi connectivity index (χ1n) is 14.0. The highest BCUT2D eigenvalue weighted by molar-refractivity contribution is 6.77. The zero-order chi connectivity index (χ0) is 27.8. The normalized spacial score (nSPS) is 14.4. The summed E-state index contributed by atoms with van der Waals surface area (Å²) in [7, 11) is -2.16. The quantitative estimate of drug-likeness (QED) is 0.194. The van der Waals surface area contributed by atoms with Crippen molar-refractivity contribution in [1.29, 1.82) is 0 Å². The molecule has 0 saturated carbocycles. The maximum Gasteiger partial charge on any atom is 0.307 e. The summed E-state index contributed by atoms with van der Waals surface area (Å²) in [6.45, 7) is 23.3. The van der Waals surface area contributed by atoms with E-state index in [9.17, 15) is 4.79 Å². The van der Waals surface area contributed by atoms with Crippen LogP contribution in [0.2, 0.25) is 16.6 Å². The third-order valence-corrected chi connectivity index (χ3v) is 13.6. The Morgan fingerprint density at radius 2 is 1.16 bits per heavy atom. The fraction of sp³-hybridized carbons (Fsp3) is 0.594. The molecule has 0 spiro atoms.